The lowest BCUT2D eigenvalue weighted by Crippen LogP contribution is -2.37. The van der Waals surface area contributed by atoms with E-state index in [-0.39, 0.29) is 17.7 Å². The molecule has 1 unspecified atom stereocenters. The number of carbonyl (C=O) groups is 2. The molecule has 0 spiro atoms. The lowest BCUT2D eigenvalue weighted by molar-refractivity contribution is -0.136. The van der Waals surface area contributed by atoms with Crippen LogP contribution in [-0.2, 0) is 16.1 Å². The third-order valence-corrected chi connectivity index (χ3v) is 3.63. The van der Waals surface area contributed by atoms with Crippen molar-refractivity contribution in [2.24, 2.45) is 5.92 Å². The van der Waals surface area contributed by atoms with Crippen molar-refractivity contribution in [1.82, 2.24) is 10.2 Å². The zero-order valence-corrected chi connectivity index (χ0v) is 12.2. The van der Waals surface area contributed by atoms with Crippen molar-refractivity contribution in [1.29, 1.82) is 0 Å². The predicted molar refractivity (Wildman–Crippen MR) is 78.0 cm³/mol. The summed E-state index contributed by atoms with van der Waals surface area (Å²) in [5.41, 5.74) is 2.35. The second-order valence-corrected chi connectivity index (χ2v) is 5.45. The first-order chi connectivity index (χ1) is 9.60. The smallest absolute Gasteiger partial charge is 0.228 e. The molecule has 4 heteroatoms. The number of hydrogen-bond donors (Lipinski definition) is 1. The number of rotatable bonds is 5. The minimum Gasteiger partial charge on any atom is -0.355 e. The Morgan fingerprint density at radius 1 is 1.35 bits per heavy atom. The standard InChI is InChI=1S/C16H22N2O2/c1-3-8-18(11-13-6-4-12(2)5-7-13)16(20)14-9-15(19)17-10-14/h4-7,14H,3,8-11H2,1-2H3,(H,17,19). The molecule has 1 aliphatic heterocycles. The molecule has 0 bridgehead atoms. The summed E-state index contributed by atoms with van der Waals surface area (Å²) >= 11 is 0. The summed E-state index contributed by atoms with van der Waals surface area (Å²) in [5.74, 6) is -0.125. The van der Waals surface area contributed by atoms with E-state index in [4.69, 9.17) is 0 Å². The molecule has 1 aliphatic rings. The van der Waals surface area contributed by atoms with E-state index in [0.29, 0.717) is 19.5 Å². The molecule has 0 aromatic heterocycles. The molecular formula is C16H22N2O2. The second kappa shape index (κ2) is 6.55. The van der Waals surface area contributed by atoms with Crippen LogP contribution in [0.4, 0.5) is 0 Å². The Kier molecular flexibility index (Phi) is 4.77. The van der Waals surface area contributed by atoms with Crippen molar-refractivity contribution in [2.75, 3.05) is 13.1 Å². The van der Waals surface area contributed by atoms with E-state index in [0.717, 1.165) is 18.5 Å². The number of benzene rings is 1. The van der Waals surface area contributed by atoms with Crippen LogP contribution in [0.5, 0.6) is 0 Å². The van der Waals surface area contributed by atoms with Gasteiger partial charge in [0, 0.05) is 26.1 Å². The van der Waals surface area contributed by atoms with Gasteiger partial charge in [0.15, 0.2) is 0 Å². The molecule has 4 nitrogen and oxygen atoms in total. The first-order valence-electron chi connectivity index (χ1n) is 7.21. The van der Waals surface area contributed by atoms with Gasteiger partial charge in [-0.1, -0.05) is 36.8 Å². The van der Waals surface area contributed by atoms with E-state index in [2.05, 4.69) is 43.4 Å². The van der Waals surface area contributed by atoms with Crippen molar-refractivity contribution in [3.8, 4) is 0 Å². The van der Waals surface area contributed by atoms with E-state index in [9.17, 15) is 9.59 Å². The van der Waals surface area contributed by atoms with Crippen LogP contribution in [0, 0.1) is 12.8 Å². The maximum absolute atomic E-state index is 12.5. The van der Waals surface area contributed by atoms with E-state index in [1.165, 1.54) is 5.56 Å². The highest BCUT2D eigenvalue weighted by molar-refractivity contribution is 5.89. The number of nitrogens with zero attached hydrogens (tertiary/aromatic N) is 1. The zero-order chi connectivity index (χ0) is 14.5. The normalized spacial score (nSPS) is 17.9. The van der Waals surface area contributed by atoms with Gasteiger partial charge in [0.1, 0.15) is 0 Å². The van der Waals surface area contributed by atoms with Crippen LogP contribution in [0.25, 0.3) is 0 Å². The number of amides is 2. The fourth-order valence-electron chi connectivity index (χ4n) is 2.49. The van der Waals surface area contributed by atoms with Crippen LogP contribution >= 0.6 is 0 Å². The first kappa shape index (κ1) is 14.6. The molecular weight excluding hydrogens is 252 g/mol. The molecule has 1 fully saturated rings. The van der Waals surface area contributed by atoms with Crippen LogP contribution in [0.15, 0.2) is 24.3 Å². The van der Waals surface area contributed by atoms with Crippen LogP contribution in [0.2, 0.25) is 0 Å². The van der Waals surface area contributed by atoms with Gasteiger partial charge >= 0.3 is 0 Å². The Balaban J connectivity index is 2.04. The molecule has 108 valence electrons. The molecule has 1 heterocycles. The van der Waals surface area contributed by atoms with Crippen molar-refractivity contribution < 1.29 is 9.59 Å². The third-order valence-electron chi connectivity index (χ3n) is 3.63. The summed E-state index contributed by atoms with van der Waals surface area (Å²) in [7, 11) is 0. The van der Waals surface area contributed by atoms with E-state index >= 15 is 0 Å². The van der Waals surface area contributed by atoms with Gasteiger partial charge < -0.3 is 10.2 Å². The topological polar surface area (TPSA) is 49.4 Å². The van der Waals surface area contributed by atoms with Gasteiger partial charge in [0.25, 0.3) is 0 Å². The Bertz CT molecular complexity index is 482. The van der Waals surface area contributed by atoms with E-state index in [1.807, 2.05) is 4.90 Å². The van der Waals surface area contributed by atoms with Crippen LogP contribution in [0.3, 0.4) is 0 Å². The second-order valence-electron chi connectivity index (χ2n) is 5.45. The zero-order valence-electron chi connectivity index (χ0n) is 12.2. The van der Waals surface area contributed by atoms with Gasteiger partial charge in [-0.05, 0) is 18.9 Å². The lowest BCUT2D eigenvalue weighted by Gasteiger charge is -2.25. The molecule has 1 aromatic rings. The summed E-state index contributed by atoms with van der Waals surface area (Å²) < 4.78 is 0. The maximum Gasteiger partial charge on any atom is 0.228 e. The highest BCUT2D eigenvalue weighted by Gasteiger charge is 2.31. The molecule has 0 saturated carbocycles. The van der Waals surface area contributed by atoms with Crippen LogP contribution in [0.1, 0.15) is 30.9 Å². The van der Waals surface area contributed by atoms with Gasteiger partial charge in [-0.3, -0.25) is 9.59 Å². The average Bonchev–Trinajstić information content (AvgIpc) is 2.86. The summed E-state index contributed by atoms with van der Waals surface area (Å²) in [5, 5.41) is 2.73. The Morgan fingerprint density at radius 3 is 2.60 bits per heavy atom. The van der Waals surface area contributed by atoms with Crippen LogP contribution < -0.4 is 5.32 Å². The average molecular weight is 274 g/mol. The molecule has 2 rings (SSSR count). The number of hydrogen-bond acceptors (Lipinski definition) is 2. The monoisotopic (exact) mass is 274 g/mol. The SMILES string of the molecule is CCCN(Cc1ccc(C)cc1)C(=O)C1CNC(=O)C1. The summed E-state index contributed by atoms with van der Waals surface area (Å²) in [6.45, 7) is 5.95. The summed E-state index contributed by atoms with van der Waals surface area (Å²) in [6.07, 6.45) is 1.25. The van der Waals surface area contributed by atoms with Gasteiger partial charge in [-0.25, -0.2) is 0 Å². The lowest BCUT2D eigenvalue weighted by atomic mass is 10.1. The summed E-state index contributed by atoms with van der Waals surface area (Å²) in [6, 6.07) is 8.24. The Labute approximate surface area is 120 Å². The molecule has 0 aliphatic carbocycles. The van der Waals surface area contributed by atoms with E-state index < -0.39 is 0 Å². The number of carbonyl (C=O) groups excluding carboxylic acids is 2. The van der Waals surface area contributed by atoms with Gasteiger partial charge in [-0.2, -0.15) is 0 Å². The maximum atomic E-state index is 12.5. The summed E-state index contributed by atoms with van der Waals surface area (Å²) in [4.78, 5) is 25.6. The van der Waals surface area contributed by atoms with Crippen molar-refractivity contribution in [2.45, 2.75) is 33.2 Å². The van der Waals surface area contributed by atoms with Crippen LogP contribution in [-0.4, -0.2) is 29.8 Å². The molecule has 1 aromatic carbocycles. The highest BCUT2D eigenvalue weighted by Crippen LogP contribution is 2.16. The Hall–Kier alpha value is -1.84. The fraction of sp³-hybridized carbons (Fsp3) is 0.500. The minimum atomic E-state index is -0.195. The van der Waals surface area contributed by atoms with Crippen molar-refractivity contribution in [3.63, 3.8) is 0 Å². The third kappa shape index (κ3) is 3.59. The minimum absolute atomic E-state index is 0.0184. The fourth-order valence-corrected chi connectivity index (χ4v) is 2.49. The van der Waals surface area contributed by atoms with Gasteiger partial charge in [-0.15, -0.1) is 0 Å². The molecule has 20 heavy (non-hydrogen) atoms. The van der Waals surface area contributed by atoms with E-state index in [1.54, 1.807) is 0 Å². The largest absolute Gasteiger partial charge is 0.355 e. The van der Waals surface area contributed by atoms with Crippen molar-refractivity contribution in [3.05, 3.63) is 35.4 Å². The first-order valence-corrected chi connectivity index (χ1v) is 7.21. The van der Waals surface area contributed by atoms with Gasteiger partial charge in [0.2, 0.25) is 11.8 Å². The Morgan fingerprint density at radius 2 is 2.05 bits per heavy atom. The van der Waals surface area contributed by atoms with Gasteiger partial charge in [0.05, 0.1) is 5.92 Å². The molecule has 0 radical (unpaired) electrons. The molecule has 1 N–H and O–H groups in total. The molecule has 1 atom stereocenters. The predicted octanol–water partition coefficient (Wildman–Crippen LogP) is 1.87. The number of aryl methyl sites for hydroxylation is 1. The highest BCUT2D eigenvalue weighted by atomic mass is 16.2. The van der Waals surface area contributed by atoms with Crippen molar-refractivity contribution >= 4 is 11.8 Å². The number of nitrogens with one attached hydrogen (secondary N) is 1. The molecule has 1 saturated heterocycles. The quantitative estimate of drug-likeness (QED) is 0.891. The molecule has 2 amide bonds.